The van der Waals surface area contributed by atoms with Crippen LogP contribution in [0.3, 0.4) is 0 Å². The van der Waals surface area contributed by atoms with Crippen LogP contribution in [-0.4, -0.2) is 54.8 Å². The summed E-state index contributed by atoms with van der Waals surface area (Å²) >= 11 is 0. The van der Waals surface area contributed by atoms with Crippen LogP contribution < -0.4 is 14.8 Å². The van der Waals surface area contributed by atoms with Crippen LogP contribution in [0.2, 0.25) is 0 Å². The van der Waals surface area contributed by atoms with E-state index in [0.29, 0.717) is 43.5 Å². The van der Waals surface area contributed by atoms with Crippen LogP contribution in [0.25, 0.3) is 0 Å². The minimum absolute atomic E-state index is 0.167. The number of aromatic nitrogens is 1. The number of pyridine rings is 1. The number of nitrogens with one attached hydrogen (secondary N) is 1. The van der Waals surface area contributed by atoms with Gasteiger partial charge in [0.1, 0.15) is 11.4 Å². The third kappa shape index (κ3) is 3.31. The third-order valence-corrected chi connectivity index (χ3v) is 4.13. The molecule has 4 rings (SSSR count). The van der Waals surface area contributed by atoms with E-state index in [-0.39, 0.29) is 24.1 Å². The summed E-state index contributed by atoms with van der Waals surface area (Å²) < 4.78 is 15.8. The number of nitrogens with zero attached hydrogens (tertiary/aromatic N) is 2. The van der Waals surface area contributed by atoms with E-state index in [1.54, 1.807) is 41.3 Å². The number of carbonyl (C=O) groups excluding carboxylic acids is 2. The molecule has 0 aliphatic carbocycles. The highest BCUT2D eigenvalue weighted by molar-refractivity contribution is 6.04. The van der Waals surface area contributed by atoms with Crippen molar-refractivity contribution in [3.63, 3.8) is 0 Å². The maximum absolute atomic E-state index is 12.5. The van der Waals surface area contributed by atoms with Crippen LogP contribution in [0.4, 0.5) is 5.69 Å². The molecule has 26 heavy (non-hydrogen) atoms. The average molecular weight is 355 g/mol. The van der Waals surface area contributed by atoms with Gasteiger partial charge >= 0.3 is 0 Å². The van der Waals surface area contributed by atoms with Gasteiger partial charge in [-0.3, -0.25) is 9.59 Å². The van der Waals surface area contributed by atoms with Gasteiger partial charge in [-0.1, -0.05) is 6.07 Å². The van der Waals surface area contributed by atoms with E-state index in [4.69, 9.17) is 14.2 Å². The number of amides is 2. The quantitative estimate of drug-likeness (QED) is 0.898. The van der Waals surface area contributed by atoms with Crippen LogP contribution >= 0.6 is 0 Å². The molecule has 0 bridgehead atoms. The van der Waals surface area contributed by atoms with Gasteiger partial charge in [-0.15, -0.1) is 0 Å². The summed E-state index contributed by atoms with van der Waals surface area (Å²) in [7, 11) is 0. The number of fused-ring (bicyclic) bond motifs is 1. The van der Waals surface area contributed by atoms with E-state index in [1.807, 2.05) is 0 Å². The molecule has 8 nitrogen and oxygen atoms in total. The fraction of sp³-hybridized carbons (Fsp3) is 0.278. The first kappa shape index (κ1) is 16.3. The number of hydrogen-bond donors (Lipinski definition) is 1. The van der Waals surface area contributed by atoms with Crippen LogP contribution in [0.5, 0.6) is 11.5 Å². The lowest BCUT2D eigenvalue weighted by Gasteiger charge is -2.26. The molecule has 3 heterocycles. The van der Waals surface area contributed by atoms with Crippen molar-refractivity contribution >= 4 is 17.5 Å². The Hall–Kier alpha value is -3.13. The zero-order valence-corrected chi connectivity index (χ0v) is 13.9. The lowest BCUT2D eigenvalue weighted by molar-refractivity contribution is 0.0299. The molecule has 0 radical (unpaired) electrons. The molecule has 0 atom stereocenters. The van der Waals surface area contributed by atoms with E-state index in [9.17, 15) is 9.59 Å². The lowest BCUT2D eigenvalue weighted by Crippen LogP contribution is -2.41. The van der Waals surface area contributed by atoms with E-state index >= 15 is 0 Å². The third-order valence-electron chi connectivity index (χ3n) is 4.13. The van der Waals surface area contributed by atoms with E-state index in [0.717, 1.165) is 0 Å². The number of morpholine rings is 1. The van der Waals surface area contributed by atoms with Crippen molar-refractivity contribution in [3.8, 4) is 11.5 Å². The highest BCUT2D eigenvalue weighted by Gasteiger charge is 2.21. The van der Waals surface area contributed by atoms with Crippen molar-refractivity contribution in [2.24, 2.45) is 0 Å². The minimum Gasteiger partial charge on any atom is -0.454 e. The van der Waals surface area contributed by atoms with Gasteiger partial charge in [-0.05, 0) is 24.3 Å². The van der Waals surface area contributed by atoms with Crippen molar-refractivity contribution in [1.82, 2.24) is 9.88 Å². The van der Waals surface area contributed by atoms with Crippen molar-refractivity contribution in [2.45, 2.75) is 0 Å². The fourth-order valence-corrected chi connectivity index (χ4v) is 2.78. The van der Waals surface area contributed by atoms with Gasteiger partial charge in [0.15, 0.2) is 11.5 Å². The van der Waals surface area contributed by atoms with Gasteiger partial charge in [-0.25, -0.2) is 4.98 Å². The summed E-state index contributed by atoms with van der Waals surface area (Å²) in [5, 5.41) is 2.75. The number of ether oxygens (including phenoxy) is 3. The largest absolute Gasteiger partial charge is 0.454 e. The Bertz CT molecular complexity index is 848. The Morgan fingerprint density at radius 3 is 2.62 bits per heavy atom. The highest BCUT2D eigenvalue weighted by atomic mass is 16.7. The Balaban J connectivity index is 1.48. The second kappa shape index (κ2) is 7.01. The second-order valence-corrected chi connectivity index (χ2v) is 5.83. The molecule has 1 fully saturated rings. The lowest BCUT2D eigenvalue weighted by atomic mass is 10.2. The Kier molecular flexibility index (Phi) is 4.40. The first-order valence-electron chi connectivity index (χ1n) is 8.26. The van der Waals surface area contributed by atoms with Crippen molar-refractivity contribution < 1.29 is 23.8 Å². The molecule has 2 aromatic rings. The molecule has 2 aliphatic heterocycles. The summed E-state index contributed by atoms with van der Waals surface area (Å²) in [6.45, 7) is 2.23. The van der Waals surface area contributed by atoms with Crippen LogP contribution in [0.15, 0.2) is 36.4 Å². The smallest absolute Gasteiger partial charge is 0.274 e. The number of hydrogen-bond acceptors (Lipinski definition) is 6. The van der Waals surface area contributed by atoms with Gasteiger partial charge in [-0.2, -0.15) is 0 Å². The van der Waals surface area contributed by atoms with Gasteiger partial charge in [0.2, 0.25) is 6.79 Å². The Morgan fingerprint density at radius 1 is 1.00 bits per heavy atom. The molecule has 2 amide bonds. The first-order chi connectivity index (χ1) is 12.7. The van der Waals surface area contributed by atoms with E-state index in [2.05, 4.69) is 10.3 Å². The van der Waals surface area contributed by atoms with Crippen molar-refractivity contribution in [2.75, 3.05) is 38.4 Å². The van der Waals surface area contributed by atoms with E-state index in [1.165, 1.54) is 0 Å². The molecule has 0 spiro atoms. The maximum Gasteiger partial charge on any atom is 0.274 e. The summed E-state index contributed by atoms with van der Waals surface area (Å²) in [6, 6.07) is 9.95. The predicted octanol–water partition coefficient (Wildman–Crippen LogP) is 1.53. The van der Waals surface area contributed by atoms with Crippen molar-refractivity contribution in [1.29, 1.82) is 0 Å². The molecule has 8 heteroatoms. The molecule has 1 N–H and O–H groups in total. The highest BCUT2D eigenvalue weighted by Crippen LogP contribution is 2.34. The molecule has 2 aliphatic rings. The fourth-order valence-electron chi connectivity index (χ4n) is 2.78. The number of rotatable bonds is 3. The molecule has 0 unspecified atom stereocenters. The van der Waals surface area contributed by atoms with Gasteiger partial charge in [0.25, 0.3) is 11.8 Å². The summed E-state index contributed by atoms with van der Waals surface area (Å²) in [5.41, 5.74) is 0.970. The van der Waals surface area contributed by atoms with E-state index < -0.39 is 5.91 Å². The molecule has 1 aromatic carbocycles. The van der Waals surface area contributed by atoms with Crippen molar-refractivity contribution in [3.05, 3.63) is 47.8 Å². The second-order valence-electron chi connectivity index (χ2n) is 5.83. The standard InChI is InChI=1S/C18H17N3O5/c22-17(19-12-4-5-15-16(10-12)26-11-25-15)13-2-1-3-14(20-13)18(23)21-6-8-24-9-7-21/h1-5,10H,6-9,11H2,(H,19,22). The minimum atomic E-state index is -0.402. The molecule has 1 saturated heterocycles. The van der Waals surface area contributed by atoms with Gasteiger partial charge in [0.05, 0.1) is 13.2 Å². The molecule has 1 aromatic heterocycles. The van der Waals surface area contributed by atoms with Crippen LogP contribution in [-0.2, 0) is 4.74 Å². The number of benzene rings is 1. The maximum atomic E-state index is 12.5. The molecule has 134 valence electrons. The Morgan fingerprint density at radius 2 is 1.77 bits per heavy atom. The monoisotopic (exact) mass is 355 g/mol. The SMILES string of the molecule is O=C(Nc1ccc2c(c1)OCO2)c1cccc(C(=O)N2CCOCC2)n1. The Labute approximate surface area is 149 Å². The summed E-state index contributed by atoms with van der Waals surface area (Å²) in [5.74, 6) is 0.609. The van der Waals surface area contributed by atoms with Crippen LogP contribution in [0, 0.1) is 0 Å². The predicted molar refractivity (Wildman–Crippen MR) is 91.5 cm³/mol. The van der Waals surface area contributed by atoms with Gasteiger partial charge in [0, 0.05) is 24.8 Å². The van der Waals surface area contributed by atoms with Gasteiger partial charge < -0.3 is 24.4 Å². The zero-order chi connectivity index (χ0) is 17.9. The first-order valence-corrected chi connectivity index (χ1v) is 8.26. The topological polar surface area (TPSA) is 90.0 Å². The zero-order valence-electron chi connectivity index (χ0n) is 13.9. The molecular formula is C18H17N3O5. The number of anilines is 1. The average Bonchev–Trinajstić information content (AvgIpc) is 3.16. The number of carbonyl (C=O) groups is 2. The molecule has 0 saturated carbocycles. The summed E-state index contributed by atoms with van der Waals surface area (Å²) in [4.78, 5) is 30.9. The summed E-state index contributed by atoms with van der Waals surface area (Å²) in [6.07, 6.45) is 0. The normalized spacial score (nSPS) is 15.6. The molecular weight excluding hydrogens is 338 g/mol. The van der Waals surface area contributed by atoms with Crippen LogP contribution in [0.1, 0.15) is 21.0 Å².